The van der Waals surface area contributed by atoms with Crippen LogP contribution in [0.1, 0.15) is 0 Å². The molecule has 14 heavy (non-hydrogen) atoms. The SMILES string of the molecule is CO[C@H]1C=C[C@H](OC)[C@@H](O)C(O)[C@@H]1O. The molecule has 1 aliphatic rings. The molecule has 3 N–H and O–H groups in total. The zero-order valence-electron chi connectivity index (χ0n) is 8.20. The molecule has 0 saturated carbocycles. The van der Waals surface area contributed by atoms with Gasteiger partial charge < -0.3 is 24.8 Å². The van der Waals surface area contributed by atoms with Gasteiger partial charge in [-0.2, -0.15) is 0 Å². The summed E-state index contributed by atoms with van der Waals surface area (Å²) in [6.07, 6.45) is -1.69. The number of aliphatic hydroxyl groups is 3. The average molecular weight is 204 g/mol. The largest absolute Gasteiger partial charge is 0.387 e. The molecule has 4 atom stereocenters. The van der Waals surface area contributed by atoms with Gasteiger partial charge in [0.25, 0.3) is 0 Å². The van der Waals surface area contributed by atoms with Crippen molar-refractivity contribution in [3.63, 3.8) is 0 Å². The fraction of sp³-hybridized carbons (Fsp3) is 0.778. The van der Waals surface area contributed by atoms with Crippen LogP contribution >= 0.6 is 0 Å². The summed E-state index contributed by atoms with van der Waals surface area (Å²) in [5, 5.41) is 28.6. The first-order chi connectivity index (χ1) is 6.61. The van der Waals surface area contributed by atoms with Crippen LogP contribution in [0.15, 0.2) is 12.2 Å². The number of hydrogen-bond acceptors (Lipinski definition) is 5. The molecule has 0 heterocycles. The van der Waals surface area contributed by atoms with E-state index >= 15 is 0 Å². The topological polar surface area (TPSA) is 79.2 Å². The summed E-state index contributed by atoms with van der Waals surface area (Å²) in [5.41, 5.74) is 0. The van der Waals surface area contributed by atoms with E-state index in [9.17, 15) is 15.3 Å². The normalized spacial score (nSPS) is 39.8. The van der Waals surface area contributed by atoms with Crippen molar-refractivity contribution in [3.05, 3.63) is 12.2 Å². The van der Waals surface area contributed by atoms with Crippen LogP contribution in [0.3, 0.4) is 0 Å². The molecule has 0 aromatic rings. The highest BCUT2D eigenvalue weighted by atomic mass is 16.5. The summed E-state index contributed by atoms with van der Waals surface area (Å²) >= 11 is 0. The lowest BCUT2D eigenvalue weighted by molar-refractivity contribution is -0.122. The van der Waals surface area contributed by atoms with Crippen LogP contribution in [0, 0.1) is 0 Å². The highest BCUT2D eigenvalue weighted by molar-refractivity contribution is 5.07. The van der Waals surface area contributed by atoms with Gasteiger partial charge >= 0.3 is 0 Å². The molecule has 1 rings (SSSR count). The van der Waals surface area contributed by atoms with E-state index in [0.717, 1.165) is 0 Å². The zero-order valence-corrected chi connectivity index (χ0v) is 8.20. The van der Waals surface area contributed by atoms with E-state index in [0.29, 0.717) is 0 Å². The second-order valence-corrected chi connectivity index (χ2v) is 3.26. The highest BCUT2D eigenvalue weighted by Gasteiger charge is 2.36. The second-order valence-electron chi connectivity index (χ2n) is 3.26. The van der Waals surface area contributed by atoms with Gasteiger partial charge in [0.05, 0.1) is 0 Å². The van der Waals surface area contributed by atoms with Crippen LogP contribution in [-0.4, -0.2) is 60.1 Å². The fourth-order valence-corrected chi connectivity index (χ4v) is 1.47. The van der Waals surface area contributed by atoms with Crippen molar-refractivity contribution in [2.75, 3.05) is 14.2 Å². The molecule has 0 aromatic heterocycles. The minimum atomic E-state index is -1.28. The fourth-order valence-electron chi connectivity index (χ4n) is 1.47. The van der Waals surface area contributed by atoms with Gasteiger partial charge in [-0.15, -0.1) is 0 Å². The Labute approximate surface area is 82.6 Å². The lowest BCUT2D eigenvalue weighted by Crippen LogP contribution is -2.46. The Morgan fingerprint density at radius 1 is 0.786 bits per heavy atom. The first-order valence-electron chi connectivity index (χ1n) is 4.40. The molecular formula is C9H16O5. The molecule has 0 saturated heterocycles. The summed E-state index contributed by atoms with van der Waals surface area (Å²) in [4.78, 5) is 0. The van der Waals surface area contributed by atoms with Gasteiger partial charge in [0.2, 0.25) is 0 Å². The molecule has 0 amide bonds. The molecule has 0 aliphatic heterocycles. The molecule has 0 aromatic carbocycles. The quantitative estimate of drug-likeness (QED) is 0.486. The maximum atomic E-state index is 9.56. The standard InChI is InChI=1S/C9H16O5/c1-13-5-3-4-6(14-2)8(11)9(12)7(5)10/h3-12H,1-2H3/t5-,6-,7+,8+/m0/s1. The Balaban J connectivity index is 2.82. The molecule has 0 unspecified atom stereocenters. The predicted octanol–water partition coefficient (Wildman–Crippen LogP) is -1.33. The minimum absolute atomic E-state index is 0.625. The van der Waals surface area contributed by atoms with Crippen LogP contribution in [0.2, 0.25) is 0 Å². The van der Waals surface area contributed by atoms with Gasteiger partial charge in [0.1, 0.15) is 30.5 Å². The van der Waals surface area contributed by atoms with Gasteiger partial charge in [-0.1, -0.05) is 12.2 Å². The van der Waals surface area contributed by atoms with Crippen LogP contribution in [-0.2, 0) is 9.47 Å². The number of methoxy groups -OCH3 is 2. The minimum Gasteiger partial charge on any atom is -0.387 e. The molecule has 82 valence electrons. The summed E-state index contributed by atoms with van der Waals surface area (Å²) in [7, 11) is 2.84. The van der Waals surface area contributed by atoms with Crippen LogP contribution in [0.5, 0.6) is 0 Å². The molecule has 0 spiro atoms. The molecular weight excluding hydrogens is 188 g/mol. The number of hydrogen-bond donors (Lipinski definition) is 3. The lowest BCUT2D eigenvalue weighted by atomic mass is 10.0. The van der Waals surface area contributed by atoms with Crippen molar-refractivity contribution in [1.82, 2.24) is 0 Å². The van der Waals surface area contributed by atoms with E-state index in [4.69, 9.17) is 9.47 Å². The molecule has 5 nitrogen and oxygen atoms in total. The third kappa shape index (κ3) is 2.13. The average Bonchev–Trinajstić information content (AvgIpc) is 2.30. The summed E-state index contributed by atoms with van der Waals surface area (Å²) in [5.74, 6) is 0. The third-order valence-corrected chi connectivity index (χ3v) is 2.41. The molecule has 0 bridgehead atoms. The van der Waals surface area contributed by atoms with E-state index in [-0.39, 0.29) is 0 Å². The third-order valence-electron chi connectivity index (χ3n) is 2.41. The van der Waals surface area contributed by atoms with E-state index in [1.54, 1.807) is 12.2 Å². The summed E-state index contributed by atoms with van der Waals surface area (Å²) in [6, 6.07) is 0. The first-order valence-corrected chi connectivity index (χ1v) is 4.40. The number of ether oxygens (including phenoxy) is 2. The number of aliphatic hydroxyl groups excluding tert-OH is 3. The lowest BCUT2D eigenvalue weighted by Gasteiger charge is -2.26. The van der Waals surface area contributed by atoms with Gasteiger partial charge in [-0.05, 0) is 0 Å². The van der Waals surface area contributed by atoms with Crippen LogP contribution in [0.4, 0.5) is 0 Å². The van der Waals surface area contributed by atoms with Crippen molar-refractivity contribution >= 4 is 0 Å². The van der Waals surface area contributed by atoms with Gasteiger partial charge in [0.15, 0.2) is 0 Å². The summed E-state index contributed by atoms with van der Waals surface area (Å²) < 4.78 is 9.86. The van der Waals surface area contributed by atoms with Gasteiger partial charge in [0, 0.05) is 14.2 Å². The zero-order chi connectivity index (χ0) is 10.7. The Morgan fingerprint density at radius 3 is 1.43 bits per heavy atom. The van der Waals surface area contributed by atoms with E-state index in [1.165, 1.54) is 14.2 Å². The monoisotopic (exact) mass is 204 g/mol. The first kappa shape index (κ1) is 11.6. The van der Waals surface area contributed by atoms with E-state index < -0.39 is 30.5 Å². The van der Waals surface area contributed by atoms with Crippen LogP contribution < -0.4 is 0 Å². The maximum Gasteiger partial charge on any atom is 0.112 e. The van der Waals surface area contributed by atoms with Crippen molar-refractivity contribution < 1.29 is 24.8 Å². The van der Waals surface area contributed by atoms with Crippen molar-refractivity contribution in [2.24, 2.45) is 0 Å². The summed E-state index contributed by atoms with van der Waals surface area (Å²) in [6.45, 7) is 0. The molecule has 0 fully saturated rings. The van der Waals surface area contributed by atoms with E-state index in [2.05, 4.69) is 0 Å². The Bertz CT molecular complexity index is 185. The molecule has 1 aliphatic carbocycles. The van der Waals surface area contributed by atoms with Gasteiger partial charge in [-0.3, -0.25) is 0 Å². The van der Waals surface area contributed by atoms with Crippen LogP contribution in [0.25, 0.3) is 0 Å². The van der Waals surface area contributed by atoms with Crippen molar-refractivity contribution in [2.45, 2.75) is 30.5 Å². The molecule has 5 heteroatoms. The maximum absolute atomic E-state index is 9.56. The van der Waals surface area contributed by atoms with Gasteiger partial charge in [-0.25, -0.2) is 0 Å². The predicted molar refractivity (Wildman–Crippen MR) is 48.8 cm³/mol. The van der Waals surface area contributed by atoms with E-state index in [1.807, 2.05) is 0 Å². The molecule has 0 radical (unpaired) electrons. The Hall–Kier alpha value is -0.460. The second kappa shape index (κ2) is 4.86. The van der Waals surface area contributed by atoms with Crippen molar-refractivity contribution in [1.29, 1.82) is 0 Å². The smallest absolute Gasteiger partial charge is 0.112 e. The van der Waals surface area contributed by atoms with Crippen molar-refractivity contribution in [3.8, 4) is 0 Å². The highest BCUT2D eigenvalue weighted by Crippen LogP contribution is 2.18. The number of rotatable bonds is 2. The Kier molecular flexibility index (Phi) is 4.03. The Morgan fingerprint density at radius 2 is 1.14 bits per heavy atom.